The second kappa shape index (κ2) is 11.9. The van der Waals surface area contributed by atoms with Crippen LogP contribution in [0.1, 0.15) is 69.2 Å². The molecule has 0 bridgehead atoms. The van der Waals surface area contributed by atoms with Gasteiger partial charge in [0.25, 0.3) is 0 Å². The second-order valence-electron chi connectivity index (χ2n) is 10.7. The minimum atomic E-state index is -0.977. The summed E-state index contributed by atoms with van der Waals surface area (Å²) in [6.45, 7) is 6.29. The Balaban J connectivity index is 1.25. The van der Waals surface area contributed by atoms with Crippen molar-refractivity contribution in [1.82, 2.24) is 15.2 Å². The van der Waals surface area contributed by atoms with Crippen LogP contribution in [0.3, 0.4) is 0 Å². The van der Waals surface area contributed by atoms with Gasteiger partial charge >= 0.3 is 5.97 Å². The Labute approximate surface area is 214 Å². The number of unbranched alkanes of at least 4 members (excludes halogenated alkanes) is 1. The Bertz CT molecular complexity index is 1040. The molecule has 0 unspecified atom stereocenters. The summed E-state index contributed by atoms with van der Waals surface area (Å²) >= 11 is 0. The molecule has 3 N–H and O–H groups in total. The van der Waals surface area contributed by atoms with Crippen molar-refractivity contribution in [3.63, 3.8) is 0 Å². The number of fused-ring (bicyclic) bond motifs is 1. The maximum Gasteiger partial charge on any atom is 0.326 e. The van der Waals surface area contributed by atoms with E-state index in [2.05, 4.69) is 27.7 Å². The molecule has 1 aliphatic heterocycles. The number of anilines is 1. The molecule has 1 aromatic carbocycles. The number of rotatable bonds is 13. The zero-order valence-electron chi connectivity index (χ0n) is 21.6. The molecule has 1 aliphatic carbocycles. The Morgan fingerprint density at radius 3 is 2.64 bits per heavy atom. The second-order valence-corrected chi connectivity index (χ2v) is 10.7. The number of amides is 1. The molecule has 0 radical (unpaired) electrons. The average molecular weight is 493 g/mol. The van der Waals surface area contributed by atoms with Crippen molar-refractivity contribution in [2.24, 2.45) is 0 Å². The molecule has 194 valence electrons. The Morgan fingerprint density at radius 2 is 1.92 bits per heavy atom. The lowest BCUT2D eigenvalue weighted by molar-refractivity contribution is -0.142. The van der Waals surface area contributed by atoms with E-state index < -0.39 is 17.4 Å². The zero-order chi connectivity index (χ0) is 25.5. The van der Waals surface area contributed by atoms with Crippen molar-refractivity contribution in [3.05, 3.63) is 59.3 Å². The van der Waals surface area contributed by atoms with Crippen LogP contribution in [0.4, 0.5) is 5.82 Å². The van der Waals surface area contributed by atoms with Crippen molar-refractivity contribution in [2.75, 3.05) is 25.0 Å². The summed E-state index contributed by atoms with van der Waals surface area (Å²) in [5.41, 5.74) is 2.52. The number of carboxylic acid groups (broad SMARTS) is 1. The van der Waals surface area contributed by atoms with Gasteiger partial charge in [0, 0.05) is 24.8 Å². The fourth-order valence-electron chi connectivity index (χ4n) is 4.92. The Morgan fingerprint density at radius 1 is 1.14 bits per heavy atom. The van der Waals surface area contributed by atoms with Crippen molar-refractivity contribution in [1.29, 1.82) is 0 Å². The molecule has 36 heavy (non-hydrogen) atoms. The van der Waals surface area contributed by atoms with Crippen LogP contribution in [0.5, 0.6) is 0 Å². The quantitative estimate of drug-likeness (QED) is 0.364. The summed E-state index contributed by atoms with van der Waals surface area (Å²) in [5, 5.41) is 16.0. The summed E-state index contributed by atoms with van der Waals surface area (Å²) in [4.78, 5) is 32.2. The highest BCUT2D eigenvalue weighted by atomic mass is 16.4. The molecule has 0 spiro atoms. The molecule has 0 saturated heterocycles. The van der Waals surface area contributed by atoms with Crippen LogP contribution in [0, 0.1) is 0 Å². The number of benzene rings is 1. The van der Waals surface area contributed by atoms with E-state index in [0.29, 0.717) is 19.0 Å². The maximum atomic E-state index is 13.0. The van der Waals surface area contributed by atoms with Gasteiger partial charge in [-0.3, -0.25) is 4.79 Å². The summed E-state index contributed by atoms with van der Waals surface area (Å²) in [6.07, 6.45) is 8.08. The Hall–Kier alpha value is -2.93. The normalized spacial score (nSPS) is 16.2. The SMILES string of the molecule is CC(C)(C(=O)N[C@@H](CCN(CCCCc1ccc2c(n1)NCCC2)C1CC1)C(=O)O)c1ccccc1. The minimum Gasteiger partial charge on any atom is -0.480 e. The largest absolute Gasteiger partial charge is 0.480 e. The van der Waals surface area contributed by atoms with E-state index in [9.17, 15) is 14.7 Å². The van der Waals surface area contributed by atoms with E-state index >= 15 is 0 Å². The monoisotopic (exact) mass is 492 g/mol. The summed E-state index contributed by atoms with van der Waals surface area (Å²) in [5.74, 6) is -0.184. The van der Waals surface area contributed by atoms with Gasteiger partial charge in [-0.05, 0) is 89.0 Å². The number of carbonyl (C=O) groups is 2. The van der Waals surface area contributed by atoms with E-state index in [0.717, 1.165) is 55.8 Å². The standard InChI is InChI=1S/C29H40N4O3/c1-29(2,22-10-4-3-5-11-22)28(36)32-25(27(34)35)17-20-33(24-15-16-24)19-7-6-12-23-14-13-21-9-8-18-30-26(21)31-23/h3-5,10-11,13-14,24-25H,6-9,12,15-20H2,1-2H3,(H,30,31)(H,32,36)(H,34,35)/t25-/m0/s1. The number of aliphatic carboxylic acids is 1. The van der Waals surface area contributed by atoms with Gasteiger partial charge in [0.1, 0.15) is 11.9 Å². The summed E-state index contributed by atoms with van der Waals surface area (Å²) in [6, 6.07) is 13.5. The molecule has 1 aromatic heterocycles. The molecule has 2 aromatic rings. The zero-order valence-corrected chi connectivity index (χ0v) is 21.6. The highest BCUT2D eigenvalue weighted by Gasteiger charge is 2.34. The van der Waals surface area contributed by atoms with E-state index in [-0.39, 0.29) is 5.91 Å². The number of carboxylic acids is 1. The first kappa shape index (κ1) is 26.1. The van der Waals surface area contributed by atoms with Crippen molar-refractivity contribution in [3.8, 4) is 0 Å². The third-order valence-corrected chi connectivity index (χ3v) is 7.51. The van der Waals surface area contributed by atoms with E-state index in [1.807, 2.05) is 44.2 Å². The van der Waals surface area contributed by atoms with Gasteiger partial charge in [0.15, 0.2) is 0 Å². The average Bonchev–Trinajstić information content (AvgIpc) is 3.73. The molecular weight excluding hydrogens is 452 g/mol. The predicted molar refractivity (Wildman–Crippen MR) is 142 cm³/mol. The number of nitrogens with one attached hydrogen (secondary N) is 2. The van der Waals surface area contributed by atoms with E-state index in [4.69, 9.17) is 4.98 Å². The number of carbonyl (C=O) groups excluding carboxylic acids is 1. The van der Waals surface area contributed by atoms with Crippen LogP contribution >= 0.6 is 0 Å². The number of hydrogen-bond acceptors (Lipinski definition) is 5. The molecule has 1 fully saturated rings. The van der Waals surface area contributed by atoms with Gasteiger partial charge in [0.2, 0.25) is 5.91 Å². The van der Waals surface area contributed by atoms with Crippen LogP contribution in [0.25, 0.3) is 0 Å². The molecule has 7 nitrogen and oxygen atoms in total. The van der Waals surface area contributed by atoms with Gasteiger partial charge in [0.05, 0.1) is 5.41 Å². The molecule has 4 rings (SSSR count). The Kier molecular flexibility index (Phi) is 8.62. The molecule has 1 saturated carbocycles. The molecule has 2 heterocycles. The molecule has 1 amide bonds. The molecule has 2 aliphatic rings. The first-order valence-corrected chi connectivity index (χ1v) is 13.4. The fraction of sp³-hybridized carbons (Fsp3) is 0.552. The van der Waals surface area contributed by atoms with Crippen molar-refractivity contribution in [2.45, 2.75) is 82.7 Å². The topological polar surface area (TPSA) is 94.6 Å². The van der Waals surface area contributed by atoms with Gasteiger partial charge in [-0.1, -0.05) is 36.4 Å². The lowest BCUT2D eigenvalue weighted by Gasteiger charge is -2.28. The number of nitrogens with zero attached hydrogens (tertiary/aromatic N) is 2. The van der Waals surface area contributed by atoms with Gasteiger partial charge in [-0.25, -0.2) is 9.78 Å². The van der Waals surface area contributed by atoms with Gasteiger partial charge in [-0.2, -0.15) is 0 Å². The molecular formula is C29H40N4O3. The van der Waals surface area contributed by atoms with E-state index in [1.54, 1.807) is 0 Å². The summed E-state index contributed by atoms with van der Waals surface area (Å²) in [7, 11) is 0. The predicted octanol–water partition coefficient (Wildman–Crippen LogP) is 4.16. The molecule has 7 heteroatoms. The third kappa shape index (κ3) is 6.84. The maximum absolute atomic E-state index is 13.0. The van der Waals surface area contributed by atoms with E-state index in [1.165, 1.54) is 24.8 Å². The minimum absolute atomic E-state index is 0.258. The van der Waals surface area contributed by atoms with Crippen LogP contribution in [0.2, 0.25) is 0 Å². The lowest BCUT2D eigenvalue weighted by Crippen LogP contribution is -2.49. The van der Waals surface area contributed by atoms with Crippen LogP contribution < -0.4 is 10.6 Å². The van der Waals surface area contributed by atoms with Crippen molar-refractivity contribution < 1.29 is 14.7 Å². The number of pyridine rings is 1. The smallest absolute Gasteiger partial charge is 0.326 e. The van der Waals surface area contributed by atoms with Gasteiger partial charge < -0.3 is 20.6 Å². The number of hydrogen-bond donors (Lipinski definition) is 3. The number of aryl methyl sites for hydroxylation is 2. The van der Waals surface area contributed by atoms with Crippen LogP contribution in [0.15, 0.2) is 42.5 Å². The highest BCUT2D eigenvalue weighted by molar-refractivity contribution is 5.90. The first-order chi connectivity index (χ1) is 17.3. The van der Waals surface area contributed by atoms with Crippen LogP contribution in [-0.2, 0) is 27.8 Å². The first-order valence-electron chi connectivity index (χ1n) is 13.4. The van der Waals surface area contributed by atoms with Crippen LogP contribution in [-0.4, -0.2) is 58.6 Å². The third-order valence-electron chi connectivity index (χ3n) is 7.51. The van der Waals surface area contributed by atoms with Crippen molar-refractivity contribution >= 4 is 17.7 Å². The lowest BCUT2D eigenvalue weighted by atomic mass is 9.83. The summed E-state index contributed by atoms with van der Waals surface area (Å²) < 4.78 is 0. The van der Waals surface area contributed by atoms with Gasteiger partial charge in [-0.15, -0.1) is 0 Å². The number of aromatic nitrogens is 1. The fourth-order valence-corrected chi connectivity index (χ4v) is 4.92. The molecule has 1 atom stereocenters. The highest BCUT2D eigenvalue weighted by Crippen LogP contribution is 2.28.